The summed E-state index contributed by atoms with van der Waals surface area (Å²) < 4.78 is 43.3. The van der Waals surface area contributed by atoms with Crippen molar-refractivity contribution in [1.82, 2.24) is 14.5 Å². The highest BCUT2D eigenvalue weighted by atomic mass is 19.1. The first-order valence-electron chi connectivity index (χ1n) is 10.8. The number of aryl methyl sites for hydroxylation is 1. The summed E-state index contributed by atoms with van der Waals surface area (Å²) in [5.74, 6) is -2.75. The van der Waals surface area contributed by atoms with Gasteiger partial charge in [-0.15, -0.1) is 0 Å². The molecule has 3 aromatic rings. The molecule has 0 radical (unpaired) electrons. The van der Waals surface area contributed by atoms with Crippen LogP contribution < -0.4 is 10.5 Å². The minimum Gasteiger partial charge on any atom is -0.364 e. The van der Waals surface area contributed by atoms with E-state index >= 15 is 0 Å². The maximum absolute atomic E-state index is 14.3. The van der Waals surface area contributed by atoms with Gasteiger partial charge in [0.2, 0.25) is 0 Å². The van der Waals surface area contributed by atoms with Crippen molar-refractivity contribution in [3.8, 4) is 6.07 Å². The fraction of sp³-hybridized carbons (Fsp3) is 0.375. The summed E-state index contributed by atoms with van der Waals surface area (Å²) >= 11 is 0. The average Bonchev–Trinajstić information content (AvgIpc) is 2.78. The Kier molecular flexibility index (Phi) is 6.13. The lowest BCUT2D eigenvalue weighted by Gasteiger charge is -2.46. The van der Waals surface area contributed by atoms with Crippen LogP contribution in [0.2, 0.25) is 0 Å². The van der Waals surface area contributed by atoms with Gasteiger partial charge in [0.25, 0.3) is 5.56 Å². The number of hydrogen-bond donors (Lipinski definition) is 0. The first-order chi connectivity index (χ1) is 15.7. The molecule has 1 aromatic carbocycles. The molecule has 2 aromatic heterocycles. The van der Waals surface area contributed by atoms with Gasteiger partial charge in [0.1, 0.15) is 34.7 Å². The van der Waals surface area contributed by atoms with Crippen LogP contribution in [-0.4, -0.2) is 39.6 Å². The molecule has 1 fully saturated rings. The minimum absolute atomic E-state index is 0.0115. The molecule has 0 amide bonds. The second kappa shape index (κ2) is 8.87. The fourth-order valence-corrected chi connectivity index (χ4v) is 4.48. The van der Waals surface area contributed by atoms with Crippen LogP contribution in [0.1, 0.15) is 31.5 Å². The van der Waals surface area contributed by atoms with E-state index in [1.54, 1.807) is 19.2 Å². The van der Waals surface area contributed by atoms with E-state index in [1.807, 2.05) is 24.8 Å². The molecule has 1 saturated heterocycles. The van der Waals surface area contributed by atoms with Crippen LogP contribution >= 0.6 is 0 Å². The van der Waals surface area contributed by atoms with E-state index in [4.69, 9.17) is 0 Å². The highest BCUT2D eigenvalue weighted by Gasteiger charge is 2.33. The highest BCUT2D eigenvalue weighted by molar-refractivity contribution is 5.89. The number of nitriles is 1. The predicted octanol–water partition coefficient (Wildman–Crippen LogP) is 3.71. The lowest BCUT2D eigenvalue weighted by molar-refractivity contribution is 0.148. The number of pyridine rings is 2. The second-order valence-electron chi connectivity index (χ2n) is 8.44. The van der Waals surface area contributed by atoms with Crippen LogP contribution in [0.15, 0.2) is 35.1 Å². The lowest BCUT2D eigenvalue weighted by Crippen LogP contribution is -2.57. The molecule has 0 unspecified atom stereocenters. The van der Waals surface area contributed by atoms with Crippen molar-refractivity contribution < 1.29 is 13.2 Å². The molecule has 3 heterocycles. The lowest BCUT2D eigenvalue weighted by atomic mass is 10.0. The van der Waals surface area contributed by atoms with Crippen molar-refractivity contribution in [2.75, 3.05) is 18.0 Å². The number of halogens is 3. The van der Waals surface area contributed by atoms with Gasteiger partial charge in [-0.2, -0.15) is 5.26 Å². The van der Waals surface area contributed by atoms with Crippen LogP contribution in [0, 0.1) is 28.8 Å². The number of piperazine rings is 1. The number of nitrogens with zero attached hydrogens (tertiary/aromatic N) is 5. The molecular formula is C24H24F3N5O. The largest absolute Gasteiger partial charge is 0.364 e. The summed E-state index contributed by atoms with van der Waals surface area (Å²) in [6.45, 7) is 4.93. The molecule has 0 N–H and O–H groups in total. The number of rotatable bonds is 4. The fourth-order valence-electron chi connectivity index (χ4n) is 4.48. The molecule has 2 atom stereocenters. The van der Waals surface area contributed by atoms with E-state index in [0.29, 0.717) is 48.4 Å². The van der Waals surface area contributed by atoms with Gasteiger partial charge < -0.3 is 9.47 Å². The van der Waals surface area contributed by atoms with Crippen molar-refractivity contribution in [3.63, 3.8) is 0 Å². The third kappa shape index (κ3) is 4.18. The molecule has 0 aliphatic carbocycles. The summed E-state index contributed by atoms with van der Waals surface area (Å²) in [4.78, 5) is 21.2. The Morgan fingerprint density at radius 1 is 1.15 bits per heavy atom. The van der Waals surface area contributed by atoms with Crippen molar-refractivity contribution in [2.24, 2.45) is 7.05 Å². The Balaban J connectivity index is 1.71. The number of anilines is 1. The molecular weight excluding hydrogens is 431 g/mol. The van der Waals surface area contributed by atoms with Crippen molar-refractivity contribution in [2.45, 2.75) is 38.9 Å². The van der Waals surface area contributed by atoms with E-state index in [1.165, 1.54) is 10.6 Å². The van der Waals surface area contributed by atoms with E-state index in [2.05, 4.69) is 9.88 Å². The highest BCUT2D eigenvalue weighted by Crippen LogP contribution is 2.31. The smallest absolute Gasteiger partial charge is 0.252 e. The predicted molar refractivity (Wildman–Crippen MR) is 119 cm³/mol. The minimum atomic E-state index is -0.945. The SMILES string of the molecule is CC[C@H]1CN(Cc2c(F)cc(F)cc2F)[C@H](C)CN1c1cc(=O)n(C)c2ccc(C#N)nc12. The molecule has 172 valence electrons. The van der Waals surface area contributed by atoms with Gasteiger partial charge in [0, 0.05) is 62.5 Å². The molecule has 6 nitrogen and oxygen atoms in total. The Bertz CT molecular complexity index is 1290. The van der Waals surface area contributed by atoms with Gasteiger partial charge in [-0.3, -0.25) is 9.69 Å². The average molecular weight is 455 g/mol. The first kappa shape index (κ1) is 22.8. The summed E-state index contributed by atoms with van der Waals surface area (Å²) in [6.07, 6.45) is 0.715. The Morgan fingerprint density at radius 3 is 2.48 bits per heavy atom. The molecule has 0 saturated carbocycles. The van der Waals surface area contributed by atoms with Crippen LogP contribution in [0.25, 0.3) is 11.0 Å². The monoisotopic (exact) mass is 455 g/mol. The standard InChI is InChI=1S/C24H24F3N5O/c1-4-17-12-31(13-18-19(26)7-15(25)8-20(18)27)14(2)11-32(17)22-9-23(33)30(3)21-6-5-16(10-28)29-24(21)22/h5-9,14,17H,4,11-13H2,1-3H3/t14-,17+/m1/s1. The molecule has 1 aliphatic rings. The Hall–Kier alpha value is -3.38. The van der Waals surface area contributed by atoms with Crippen LogP contribution in [0.5, 0.6) is 0 Å². The van der Waals surface area contributed by atoms with Gasteiger partial charge >= 0.3 is 0 Å². The van der Waals surface area contributed by atoms with Crippen LogP contribution in [0.3, 0.4) is 0 Å². The summed E-state index contributed by atoms with van der Waals surface area (Å²) in [5, 5.41) is 9.31. The third-order valence-electron chi connectivity index (χ3n) is 6.40. The summed E-state index contributed by atoms with van der Waals surface area (Å²) in [6, 6.07) is 8.08. The van der Waals surface area contributed by atoms with Crippen molar-refractivity contribution in [1.29, 1.82) is 5.26 Å². The van der Waals surface area contributed by atoms with Crippen LogP contribution in [0.4, 0.5) is 18.9 Å². The molecule has 1 aliphatic heterocycles. The zero-order valence-corrected chi connectivity index (χ0v) is 18.6. The normalized spacial score (nSPS) is 19.1. The van der Waals surface area contributed by atoms with E-state index in [-0.39, 0.29) is 35.4 Å². The second-order valence-corrected chi connectivity index (χ2v) is 8.44. The first-order valence-corrected chi connectivity index (χ1v) is 10.8. The van der Waals surface area contributed by atoms with Gasteiger partial charge in [-0.05, 0) is 25.5 Å². The molecule has 4 rings (SSSR count). The van der Waals surface area contributed by atoms with Gasteiger partial charge in [0.05, 0.1) is 11.2 Å². The number of aromatic nitrogens is 2. The summed E-state index contributed by atoms with van der Waals surface area (Å²) in [7, 11) is 1.66. The van der Waals surface area contributed by atoms with E-state index < -0.39 is 17.5 Å². The van der Waals surface area contributed by atoms with E-state index in [0.717, 1.165) is 0 Å². The molecule has 33 heavy (non-hydrogen) atoms. The number of fused-ring (bicyclic) bond motifs is 1. The van der Waals surface area contributed by atoms with Crippen molar-refractivity contribution in [3.05, 3.63) is 69.4 Å². The zero-order valence-electron chi connectivity index (χ0n) is 18.6. The topological polar surface area (TPSA) is 65.2 Å². The summed E-state index contributed by atoms with van der Waals surface area (Å²) in [5.41, 5.74) is 1.73. The quantitative estimate of drug-likeness (QED) is 0.600. The van der Waals surface area contributed by atoms with E-state index in [9.17, 15) is 23.2 Å². The number of benzene rings is 1. The van der Waals surface area contributed by atoms with Crippen LogP contribution in [-0.2, 0) is 13.6 Å². The number of hydrogen-bond acceptors (Lipinski definition) is 5. The zero-order chi connectivity index (χ0) is 23.9. The Morgan fingerprint density at radius 2 is 1.85 bits per heavy atom. The maximum atomic E-state index is 14.3. The van der Waals surface area contributed by atoms with Gasteiger partial charge in [-0.1, -0.05) is 6.92 Å². The van der Waals surface area contributed by atoms with Gasteiger partial charge in [0.15, 0.2) is 0 Å². The van der Waals surface area contributed by atoms with Gasteiger partial charge in [-0.25, -0.2) is 18.2 Å². The molecule has 0 spiro atoms. The molecule has 0 bridgehead atoms. The van der Waals surface area contributed by atoms with Crippen molar-refractivity contribution >= 4 is 16.7 Å². The molecule has 9 heteroatoms. The maximum Gasteiger partial charge on any atom is 0.252 e. The third-order valence-corrected chi connectivity index (χ3v) is 6.40. The Labute approximate surface area is 189 Å².